The summed E-state index contributed by atoms with van der Waals surface area (Å²) < 4.78 is 1.89. The van der Waals surface area contributed by atoms with Crippen molar-refractivity contribution in [1.29, 1.82) is 0 Å². The van der Waals surface area contributed by atoms with Crippen LogP contribution >= 0.6 is 0 Å². The summed E-state index contributed by atoms with van der Waals surface area (Å²) in [6, 6.07) is 7.58. The number of hydrogen-bond acceptors (Lipinski definition) is 5. The van der Waals surface area contributed by atoms with Gasteiger partial charge in [0.2, 0.25) is 0 Å². The monoisotopic (exact) mass is 308 g/mol. The van der Waals surface area contributed by atoms with Crippen molar-refractivity contribution in [2.75, 3.05) is 13.1 Å². The van der Waals surface area contributed by atoms with Gasteiger partial charge in [0.1, 0.15) is 5.52 Å². The molecule has 7 heteroatoms. The topological polar surface area (TPSA) is 76.8 Å². The van der Waals surface area contributed by atoms with Gasteiger partial charge < -0.3 is 4.90 Å². The highest BCUT2D eigenvalue weighted by Crippen LogP contribution is 2.25. The van der Waals surface area contributed by atoms with E-state index in [0.29, 0.717) is 18.7 Å². The number of piperidine rings is 1. The lowest BCUT2D eigenvalue weighted by molar-refractivity contribution is 0.0690. The van der Waals surface area contributed by atoms with Gasteiger partial charge in [0.25, 0.3) is 5.91 Å². The Morgan fingerprint density at radius 2 is 1.96 bits per heavy atom. The van der Waals surface area contributed by atoms with Crippen LogP contribution in [0.4, 0.5) is 0 Å². The van der Waals surface area contributed by atoms with Gasteiger partial charge in [-0.1, -0.05) is 5.21 Å². The summed E-state index contributed by atoms with van der Waals surface area (Å²) in [4.78, 5) is 22.7. The molecule has 1 aliphatic rings. The molecule has 3 aromatic rings. The van der Waals surface area contributed by atoms with E-state index in [1.165, 1.54) is 0 Å². The van der Waals surface area contributed by atoms with E-state index in [2.05, 4.69) is 20.3 Å². The van der Waals surface area contributed by atoms with Crippen molar-refractivity contribution >= 4 is 17.1 Å². The van der Waals surface area contributed by atoms with Crippen LogP contribution in [0.5, 0.6) is 0 Å². The van der Waals surface area contributed by atoms with Crippen LogP contribution in [0, 0.1) is 0 Å². The average molecular weight is 308 g/mol. The lowest BCUT2D eigenvalue weighted by atomic mass is 10.0. The van der Waals surface area contributed by atoms with Crippen molar-refractivity contribution in [3.63, 3.8) is 0 Å². The second kappa shape index (κ2) is 5.75. The van der Waals surface area contributed by atoms with Crippen molar-refractivity contribution in [2.45, 2.75) is 18.9 Å². The second-order valence-corrected chi connectivity index (χ2v) is 5.65. The number of pyridine rings is 2. The minimum Gasteiger partial charge on any atom is -0.338 e. The maximum atomic E-state index is 12.4. The van der Waals surface area contributed by atoms with E-state index in [1.54, 1.807) is 30.7 Å². The van der Waals surface area contributed by atoms with Gasteiger partial charge in [0, 0.05) is 31.7 Å². The van der Waals surface area contributed by atoms with Crippen LogP contribution in [0.1, 0.15) is 29.2 Å². The molecule has 7 nitrogen and oxygen atoms in total. The molecule has 0 aliphatic carbocycles. The Labute approximate surface area is 133 Å². The summed E-state index contributed by atoms with van der Waals surface area (Å²) in [5.41, 5.74) is 2.25. The Morgan fingerprint density at radius 3 is 2.74 bits per heavy atom. The van der Waals surface area contributed by atoms with Gasteiger partial charge in [0.05, 0.1) is 11.6 Å². The fourth-order valence-corrected chi connectivity index (χ4v) is 3.01. The molecule has 0 bridgehead atoms. The first-order chi connectivity index (χ1) is 11.3. The zero-order valence-electron chi connectivity index (χ0n) is 12.5. The zero-order valence-corrected chi connectivity index (χ0v) is 12.5. The third kappa shape index (κ3) is 2.54. The Hall–Kier alpha value is -2.83. The number of fused-ring (bicyclic) bond motifs is 1. The minimum absolute atomic E-state index is 0.0399. The summed E-state index contributed by atoms with van der Waals surface area (Å²) in [5.74, 6) is 0.0399. The molecule has 1 saturated heterocycles. The predicted octanol–water partition coefficient (Wildman–Crippen LogP) is 1.70. The Bertz CT molecular complexity index is 823. The van der Waals surface area contributed by atoms with Gasteiger partial charge >= 0.3 is 0 Å². The molecule has 4 rings (SSSR count). The highest BCUT2D eigenvalue weighted by molar-refractivity contribution is 5.93. The van der Waals surface area contributed by atoms with Crippen LogP contribution in [0.2, 0.25) is 0 Å². The molecule has 3 aromatic heterocycles. The van der Waals surface area contributed by atoms with Crippen LogP contribution in [0.3, 0.4) is 0 Å². The fraction of sp³-hybridized carbons (Fsp3) is 0.312. The van der Waals surface area contributed by atoms with Crippen molar-refractivity contribution in [2.24, 2.45) is 0 Å². The second-order valence-electron chi connectivity index (χ2n) is 5.65. The molecule has 0 spiro atoms. The fourth-order valence-electron chi connectivity index (χ4n) is 3.01. The molecular weight excluding hydrogens is 292 g/mol. The summed E-state index contributed by atoms with van der Waals surface area (Å²) in [6.07, 6.45) is 6.74. The maximum absolute atomic E-state index is 12.4. The third-order valence-electron chi connectivity index (χ3n) is 4.24. The summed E-state index contributed by atoms with van der Waals surface area (Å²) in [5, 5.41) is 8.39. The maximum Gasteiger partial charge on any atom is 0.255 e. The van der Waals surface area contributed by atoms with E-state index in [4.69, 9.17) is 0 Å². The van der Waals surface area contributed by atoms with Gasteiger partial charge in [0.15, 0.2) is 5.65 Å². The number of likely N-dealkylation sites (tertiary alicyclic amines) is 1. The number of rotatable bonds is 2. The van der Waals surface area contributed by atoms with Crippen LogP contribution in [0.25, 0.3) is 11.2 Å². The first-order valence-electron chi connectivity index (χ1n) is 7.68. The molecule has 23 heavy (non-hydrogen) atoms. The Morgan fingerprint density at radius 1 is 1.13 bits per heavy atom. The first kappa shape index (κ1) is 13.8. The molecule has 0 aromatic carbocycles. The lowest BCUT2D eigenvalue weighted by Gasteiger charge is -2.31. The Kier molecular flexibility index (Phi) is 3.45. The van der Waals surface area contributed by atoms with E-state index in [1.807, 2.05) is 21.7 Å². The van der Waals surface area contributed by atoms with Crippen molar-refractivity contribution in [3.8, 4) is 0 Å². The van der Waals surface area contributed by atoms with Gasteiger partial charge in [-0.25, -0.2) is 9.67 Å². The molecule has 0 unspecified atom stereocenters. The number of carbonyl (C=O) groups excluding carboxylic acids is 1. The van der Waals surface area contributed by atoms with Gasteiger partial charge in [-0.15, -0.1) is 5.10 Å². The van der Waals surface area contributed by atoms with Gasteiger partial charge in [-0.3, -0.25) is 9.78 Å². The zero-order chi connectivity index (χ0) is 15.6. The average Bonchev–Trinajstić information content (AvgIpc) is 3.06. The van der Waals surface area contributed by atoms with E-state index in [-0.39, 0.29) is 11.9 Å². The predicted molar refractivity (Wildman–Crippen MR) is 83.7 cm³/mol. The number of carbonyl (C=O) groups is 1. The molecule has 0 atom stereocenters. The summed E-state index contributed by atoms with van der Waals surface area (Å²) >= 11 is 0. The molecule has 0 N–H and O–H groups in total. The highest BCUT2D eigenvalue weighted by atomic mass is 16.2. The van der Waals surface area contributed by atoms with E-state index in [9.17, 15) is 4.79 Å². The molecule has 1 fully saturated rings. The van der Waals surface area contributed by atoms with E-state index in [0.717, 1.165) is 24.0 Å². The molecular formula is C16H16N6O. The number of aromatic nitrogens is 5. The lowest BCUT2D eigenvalue weighted by Crippen LogP contribution is -2.39. The summed E-state index contributed by atoms with van der Waals surface area (Å²) in [7, 11) is 0. The van der Waals surface area contributed by atoms with Crippen molar-refractivity contribution in [1.82, 2.24) is 29.9 Å². The number of hydrogen-bond donors (Lipinski definition) is 0. The normalized spacial score (nSPS) is 15.9. The minimum atomic E-state index is 0.0399. The van der Waals surface area contributed by atoms with Crippen LogP contribution in [-0.4, -0.2) is 48.9 Å². The molecule has 1 aliphatic heterocycles. The van der Waals surface area contributed by atoms with Crippen LogP contribution < -0.4 is 0 Å². The quantitative estimate of drug-likeness (QED) is 0.720. The van der Waals surface area contributed by atoms with Gasteiger partial charge in [-0.2, -0.15) is 0 Å². The van der Waals surface area contributed by atoms with Crippen molar-refractivity contribution in [3.05, 3.63) is 48.4 Å². The van der Waals surface area contributed by atoms with E-state index < -0.39 is 0 Å². The SMILES string of the molecule is O=C(c1cccnc1)N1CCC(n2nnc3cccnc32)CC1. The molecule has 4 heterocycles. The third-order valence-corrected chi connectivity index (χ3v) is 4.24. The summed E-state index contributed by atoms with van der Waals surface area (Å²) in [6.45, 7) is 1.40. The molecule has 1 amide bonds. The Balaban J connectivity index is 1.48. The molecule has 116 valence electrons. The van der Waals surface area contributed by atoms with Crippen LogP contribution in [-0.2, 0) is 0 Å². The van der Waals surface area contributed by atoms with Gasteiger partial charge in [-0.05, 0) is 37.1 Å². The van der Waals surface area contributed by atoms with E-state index >= 15 is 0 Å². The molecule has 0 radical (unpaired) electrons. The smallest absolute Gasteiger partial charge is 0.255 e. The standard InChI is InChI=1S/C16H16N6O/c23-16(12-3-1-7-17-11-12)21-9-5-13(6-10-21)22-15-14(19-20-22)4-2-8-18-15/h1-4,7-8,11,13H,5-6,9-10H2. The highest BCUT2D eigenvalue weighted by Gasteiger charge is 2.26. The number of amides is 1. The van der Waals surface area contributed by atoms with Crippen molar-refractivity contribution < 1.29 is 4.79 Å². The van der Waals surface area contributed by atoms with Crippen LogP contribution in [0.15, 0.2) is 42.9 Å². The largest absolute Gasteiger partial charge is 0.338 e. The number of nitrogens with zero attached hydrogens (tertiary/aromatic N) is 6. The first-order valence-corrected chi connectivity index (χ1v) is 7.68. The molecule has 0 saturated carbocycles.